The summed E-state index contributed by atoms with van der Waals surface area (Å²) in [7, 11) is 0. The zero-order chi connectivity index (χ0) is 27.3. The van der Waals surface area contributed by atoms with Crippen LogP contribution in [0.2, 0.25) is 0 Å². The van der Waals surface area contributed by atoms with Crippen molar-refractivity contribution in [3.8, 4) is 0 Å². The van der Waals surface area contributed by atoms with Gasteiger partial charge in [0.25, 0.3) is 0 Å². The Morgan fingerprint density at radius 1 is 0.684 bits per heavy atom. The maximum atomic E-state index is 15.2. The SMILES string of the molecule is CCCCCc1ccc(CCc2ccc3c(F)c(CCc4cc(F)c(C(F)(F)F)c(F)c4)ccc3c2)nc1. The molecule has 0 aliphatic rings. The number of rotatable bonds is 10. The number of halogens is 6. The molecule has 0 unspecified atom stereocenters. The first-order chi connectivity index (χ1) is 18.2. The lowest BCUT2D eigenvalue weighted by atomic mass is 9.97. The van der Waals surface area contributed by atoms with E-state index in [0.717, 1.165) is 35.9 Å². The predicted molar refractivity (Wildman–Crippen MR) is 138 cm³/mol. The number of hydrogen-bond donors (Lipinski definition) is 0. The summed E-state index contributed by atoms with van der Waals surface area (Å²) >= 11 is 0. The Kier molecular flexibility index (Phi) is 8.75. The first-order valence-corrected chi connectivity index (χ1v) is 12.8. The summed E-state index contributed by atoms with van der Waals surface area (Å²) in [5, 5.41) is 1.15. The Hall–Kier alpha value is -3.35. The van der Waals surface area contributed by atoms with E-state index in [4.69, 9.17) is 0 Å². The molecule has 38 heavy (non-hydrogen) atoms. The van der Waals surface area contributed by atoms with Gasteiger partial charge in [-0.2, -0.15) is 13.2 Å². The molecule has 0 atom stereocenters. The molecule has 0 spiro atoms. The van der Waals surface area contributed by atoms with E-state index in [-0.39, 0.29) is 18.4 Å². The van der Waals surface area contributed by atoms with Crippen molar-refractivity contribution in [3.05, 3.63) is 112 Å². The van der Waals surface area contributed by atoms with Crippen molar-refractivity contribution in [3.63, 3.8) is 0 Å². The molecule has 0 radical (unpaired) electrons. The normalized spacial score (nSPS) is 11.9. The van der Waals surface area contributed by atoms with E-state index in [1.807, 2.05) is 18.3 Å². The van der Waals surface area contributed by atoms with E-state index in [0.29, 0.717) is 23.1 Å². The minimum atomic E-state index is -5.12. The number of nitrogens with zero attached hydrogens (tertiary/aromatic N) is 1. The molecule has 1 heterocycles. The number of pyridine rings is 1. The van der Waals surface area contributed by atoms with Crippen LogP contribution in [-0.2, 0) is 38.3 Å². The second-order valence-corrected chi connectivity index (χ2v) is 9.64. The molecule has 0 N–H and O–H groups in total. The van der Waals surface area contributed by atoms with Crippen LogP contribution in [0.25, 0.3) is 10.8 Å². The molecule has 7 heteroatoms. The molecule has 0 amide bonds. The summed E-state index contributed by atoms with van der Waals surface area (Å²) in [4.78, 5) is 4.57. The fourth-order valence-corrected chi connectivity index (χ4v) is 4.66. The lowest BCUT2D eigenvalue weighted by Crippen LogP contribution is -2.12. The summed E-state index contributed by atoms with van der Waals surface area (Å²) in [6.07, 6.45) is 3.04. The Balaban J connectivity index is 1.40. The van der Waals surface area contributed by atoms with Crippen LogP contribution in [0.15, 0.2) is 60.8 Å². The molecular weight excluding hydrogens is 500 g/mol. The summed E-state index contributed by atoms with van der Waals surface area (Å²) in [6, 6.07) is 14.4. The van der Waals surface area contributed by atoms with E-state index in [2.05, 4.69) is 24.0 Å². The van der Waals surface area contributed by atoms with Gasteiger partial charge in [-0.15, -0.1) is 0 Å². The number of aromatic nitrogens is 1. The fraction of sp³-hybridized carbons (Fsp3) is 0.323. The molecule has 1 nitrogen and oxygen atoms in total. The van der Waals surface area contributed by atoms with Crippen molar-refractivity contribution in [2.75, 3.05) is 0 Å². The number of unbranched alkanes of at least 4 members (excludes halogenated alkanes) is 2. The number of fused-ring (bicyclic) bond motifs is 1. The van der Waals surface area contributed by atoms with Crippen LogP contribution in [-0.4, -0.2) is 4.98 Å². The highest BCUT2D eigenvalue weighted by Crippen LogP contribution is 2.34. The van der Waals surface area contributed by atoms with Crippen LogP contribution in [0.3, 0.4) is 0 Å². The van der Waals surface area contributed by atoms with Gasteiger partial charge in [-0.25, -0.2) is 13.2 Å². The zero-order valence-corrected chi connectivity index (χ0v) is 21.1. The van der Waals surface area contributed by atoms with Crippen molar-refractivity contribution in [1.82, 2.24) is 4.98 Å². The minimum Gasteiger partial charge on any atom is -0.261 e. The Morgan fingerprint density at radius 2 is 1.39 bits per heavy atom. The van der Waals surface area contributed by atoms with E-state index >= 15 is 4.39 Å². The van der Waals surface area contributed by atoms with Crippen LogP contribution in [0.4, 0.5) is 26.3 Å². The maximum Gasteiger partial charge on any atom is 0.422 e. The van der Waals surface area contributed by atoms with Crippen LogP contribution >= 0.6 is 0 Å². The first kappa shape index (κ1) is 27.7. The van der Waals surface area contributed by atoms with Gasteiger partial charge < -0.3 is 0 Å². The summed E-state index contributed by atoms with van der Waals surface area (Å²) in [5.74, 6) is -3.78. The number of benzene rings is 3. The fourth-order valence-electron chi connectivity index (χ4n) is 4.66. The van der Waals surface area contributed by atoms with Gasteiger partial charge in [-0.05, 0) is 84.4 Å². The molecule has 4 rings (SSSR count). The second kappa shape index (κ2) is 12.0. The van der Waals surface area contributed by atoms with Crippen LogP contribution in [0.5, 0.6) is 0 Å². The quantitative estimate of drug-likeness (QED) is 0.148. The van der Waals surface area contributed by atoms with E-state index in [9.17, 15) is 22.0 Å². The van der Waals surface area contributed by atoms with E-state index in [1.54, 1.807) is 18.2 Å². The Morgan fingerprint density at radius 3 is 2.05 bits per heavy atom. The molecule has 0 saturated carbocycles. The van der Waals surface area contributed by atoms with Crippen molar-refractivity contribution in [2.45, 2.75) is 64.5 Å². The molecule has 200 valence electrons. The highest BCUT2D eigenvalue weighted by atomic mass is 19.4. The van der Waals surface area contributed by atoms with Crippen molar-refractivity contribution in [1.29, 1.82) is 0 Å². The van der Waals surface area contributed by atoms with Gasteiger partial charge in [0.05, 0.1) is 0 Å². The monoisotopic (exact) mass is 529 g/mol. The van der Waals surface area contributed by atoms with E-state index < -0.39 is 29.2 Å². The summed E-state index contributed by atoms with van der Waals surface area (Å²) in [5.41, 5.74) is 1.74. The van der Waals surface area contributed by atoms with Crippen LogP contribution in [0.1, 0.15) is 59.7 Å². The van der Waals surface area contributed by atoms with Gasteiger partial charge in [0.1, 0.15) is 23.0 Å². The topological polar surface area (TPSA) is 12.9 Å². The Bertz CT molecular complexity index is 1370. The van der Waals surface area contributed by atoms with Crippen molar-refractivity contribution >= 4 is 10.8 Å². The molecular formula is C31H29F6N. The molecule has 0 fully saturated rings. The third-order valence-electron chi connectivity index (χ3n) is 6.79. The number of hydrogen-bond acceptors (Lipinski definition) is 1. The van der Waals surface area contributed by atoms with Crippen LogP contribution < -0.4 is 0 Å². The average molecular weight is 530 g/mol. The predicted octanol–water partition coefficient (Wildman–Crippen LogP) is 8.97. The highest BCUT2D eigenvalue weighted by Gasteiger charge is 2.37. The third kappa shape index (κ3) is 6.74. The molecule has 4 aromatic rings. The highest BCUT2D eigenvalue weighted by molar-refractivity contribution is 5.84. The number of aryl methyl sites for hydroxylation is 5. The molecule has 0 saturated heterocycles. The van der Waals surface area contributed by atoms with Gasteiger partial charge in [-0.3, -0.25) is 4.98 Å². The third-order valence-corrected chi connectivity index (χ3v) is 6.79. The van der Waals surface area contributed by atoms with Crippen molar-refractivity contribution < 1.29 is 26.3 Å². The number of alkyl halides is 3. The standard InChI is InChI=1S/C31H29F6N/c1-2-3-4-5-21-8-14-25(38-19-21)13-7-20-9-15-26-24(16-20)12-11-23(30(26)34)10-6-22-17-27(32)29(28(33)18-22)31(35,36)37/h8-9,11-12,14-19H,2-7,10,13H2,1H3. The first-order valence-electron chi connectivity index (χ1n) is 12.8. The minimum absolute atomic E-state index is 0.00309. The van der Waals surface area contributed by atoms with E-state index in [1.165, 1.54) is 24.8 Å². The second-order valence-electron chi connectivity index (χ2n) is 9.64. The lowest BCUT2D eigenvalue weighted by molar-refractivity contribution is -0.142. The smallest absolute Gasteiger partial charge is 0.261 e. The van der Waals surface area contributed by atoms with Gasteiger partial charge >= 0.3 is 6.18 Å². The van der Waals surface area contributed by atoms with Gasteiger partial charge in [0.15, 0.2) is 0 Å². The maximum absolute atomic E-state index is 15.2. The lowest BCUT2D eigenvalue weighted by Gasteiger charge is -2.12. The molecule has 1 aromatic heterocycles. The van der Waals surface area contributed by atoms with Gasteiger partial charge in [0, 0.05) is 17.3 Å². The Labute approximate surface area is 218 Å². The summed E-state index contributed by atoms with van der Waals surface area (Å²) < 4.78 is 81.3. The van der Waals surface area contributed by atoms with Gasteiger partial charge in [0.2, 0.25) is 0 Å². The summed E-state index contributed by atoms with van der Waals surface area (Å²) in [6.45, 7) is 2.18. The van der Waals surface area contributed by atoms with Gasteiger partial charge in [-0.1, -0.05) is 56.2 Å². The molecule has 0 bridgehead atoms. The largest absolute Gasteiger partial charge is 0.422 e. The molecule has 0 aliphatic carbocycles. The molecule has 3 aromatic carbocycles. The zero-order valence-electron chi connectivity index (χ0n) is 21.1. The average Bonchev–Trinajstić information content (AvgIpc) is 2.87. The molecule has 0 aliphatic heterocycles. The van der Waals surface area contributed by atoms with Crippen molar-refractivity contribution in [2.24, 2.45) is 0 Å². The van der Waals surface area contributed by atoms with Crippen LogP contribution in [0, 0.1) is 17.5 Å².